The lowest BCUT2D eigenvalue weighted by Gasteiger charge is -2.28. The zero-order valence-corrected chi connectivity index (χ0v) is 12.3. The molecular weight excluding hydrogens is 228 g/mol. The second kappa shape index (κ2) is 7.10. The molecule has 0 heterocycles. The second-order valence-electron chi connectivity index (χ2n) is 5.27. The van der Waals surface area contributed by atoms with Crippen LogP contribution < -0.4 is 5.32 Å². The molecule has 1 fully saturated rings. The van der Waals surface area contributed by atoms with Crippen molar-refractivity contribution in [3.05, 3.63) is 0 Å². The van der Waals surface area contributed by atoms with Gasteiger partial charge in [0, 0.05) is 6.04 Å². The summed E-state index contributed by atoms with van der Waals surface area (Å²) in [6, 6.07) is 0.804. The Morgan fingerprint density at radius 3 is 2.56 bits per heavy atom. The molecule has 1 rings (SSSR count). The molecule has 0 aliphatic heterocycles. The summed E-state index contributed by atoms with van der Waals surface area (Å²) in [5.41, 5.74) is -0.543. The number of likely N-dealkylation sites (N-methyl/N-ethyl adjacent to an activating group) is 1. The number of hydrogen-bond acceptors (Lipinski definition) is 4. The third-order valence-electron chi connectivity index (χ3n) is 3.87. The number of rotatable bonds is 9. The van der Waals surface area contributed by atoms with Gasteiger partial charge in [-0.05, 0) is 59.7 Å². The SMILES string of the molecule is CCOC(=O)C(C)(CCCN(CC)C1CC1)NC. The van der Waals surface area contributed by atoms with Crippen LogP contribution in [0.25, 0.3) is 0 Å². The van der Waals surface area contributed by atoms with Gasteiger partial charge in [0.2, 0.25) is 0 Å². The van der Waals surface area contributed by atoms with E-state index in [4.69, 9.17) is 4.74 Å². The minimum Gasteiger partial charge on any atom is -0.465 e. The predicted molar refractivity (Wildman–Crippen MR) is 73.6 cm³/mol. The molecule has 18 heavy (non-hydrogen) atoms. The molecule has 0 bridgehead atoms. The predicted octanol–water partition coefficient (Wildman–Crippen LogP) is 1.79. The summed E-state index contributed by atoms with van der Waals surface area (Å²) >= 11 is 0. The molecule has 0 aromatic rings. The fraction of sp³-hybridized carbons (Fsp3) is 0.929. The van der Waals surface area contributed by atoms with Crippen LogP contribution in [-0.4, -0.2) is 49.2 Å². The Hall–Kier alpha value is -0.610. The minimum atomic E-state index is -0.543. The number of nitrogens with one attached hydrogen (secondary N) is 1. The van der Waals surface area contributed by atoms with E-state index in [0.717, 1.165) is 32.0 Å². The van der Waals surface area contributed by atoms with Gasteiger partial charge in [0.1, 0.15) is 5.54 Å². The third-order valence-corrected chi connectivity index (χ3v) is 3.87. The molecule has 1 unspecified atom stereocenters. The van der Waals surface area contributed by atoms with E-state index in [2.05, 4.69) is 17.1 Å². The molecule has 0 radical (unpaired) electrons. The smallest absolute Gasteiger partial charge is 0.326 e. The molecule has 0 aromatic heterocycles. The van der Waals surface area contributed by atoms with E-state index in [1.165, 1.54) is 12.8 Å². The maximum atomic E-state index is 11.9. The van der Waals surface area contributed by atoms with Crippen LogP contribution in [0.15, 0.2) is 0 Å². The zero-order chi connectivity index (χ0) is 13.6. The van der Waals surface area contributed by atoms with Crippen molar-refractivity contribution in [3.63, 3.8) is 0 Å². The fourth-order valence-corrected chi connectivity index (χ4v) is 2.29. The average molecular weight is 256 g/mol. The van der Waals surface area contributed by atoms with Gasteiger partial charge in [-0.3, -0.25) is 4.79 Å². The highest BCUT2D eigenvalue weighted by atomic mass is 16.5. The molecule has 4 nitrogen and oxygen atoms in total. The van der Waals surface area contributed by atoms with E-state index >= 15 is 0 Å². The van der Waals surface area contributed by atoms with Gasteiger partial charge >= 0.3 is 5.97 Å². The molecule has 1 aliphatic rings. The van der Waals surface area contributed by atoms with Gasteiger partial charge in [-0.2, -0.15) is 0 Å². The highest BCUT2D eigenvalue weighted by Gasteiger charge is 2.33. The van der Waals surface area contributed by atoms with Crippen molar-refractivity contribution in [2.45, 2.75) is 58.0 Å². The Morgan fingerprint density at radius 2 is 2.11 bits per heavy atom. The Morgan fingerprint density at radius 1 is 1.44 bits per heavy atom. The summed E-state index contributed by atoms with van der Waals surface area (Å²) in [7, 11) is 1.83. The number of ether oxygens (including phenoxy) is 1. The lowest BCUT2D eigenvalue weighted by molar-refractivity contribution is -0.150. The molecule has 106 valence electrons. The van der Waals surface area contributed by atoms with Crippen LogP contribution in [0.5, 0.6) is 0 Å². The molecule has 0 aromatic carbocycles. The van der Waals surface area contributed by atoms with E-state index in [0.29, 0.717) is 6.61 Å². The number of nitrogens with zero attached hydrogens (tertiary/aromatic N) is 1. The van der Waals surface area contributed by atoms with Crippen molar-refractivity contribution in [1.29, 1.82) is 0 Å². The molecule has 1 atom stereocenters. The van der Waals surface area contributed by atoms with E-state index in [9.17, 15) is 4.79 Å². The van der Waals surface area contributed by atoms with Crippen LogP contribution in [0.1, 0.15) is 46.5 Å². The first-order chi connectivity index (χ1) is 8.57. The number of hydrogen-bond donors (Lipinski definition) is 1. The first kappa shape index (κ1) is 15.4. The first-order valence-electron chi connectivity index (χ1n) is 7.17. The van der Waals surface area contributed by atoms with Crippen molar-refractivity contribution in [2.75, 3.05) is 26.7 Å². The molecular formula is C14H28N2O2. The van der Waals surface area contributed by atoms with Crippen LogP contribution >= 0.6 is 0 Å². The van der Waals surface area contributed by atoms with Gasteiger partial charge in [0.05, 0.1) is 6.61 Å². The summed E-state index contributed by atoms with van der Waals surface area (Å²) in [5.74, 6) is -0.137. The molecule has 4 heteroatoms. The lowest BCUT2D eigenvalue weighted by atomic mass is 9.96. The standard InChI is InChI=1S/C14H28N2O2/c1-5-16(12-8-9-12)11-7-10-14(3,15-4)13(17)18-6-2/h12,15H,5-11H2,1-4H3. The molecule has 1 saturated carbocycles. The normalized spacial score (nSPS) is 18.7. The van der Waals surface area contributed by atoms with Gasteiger partial charge in [-0.25, -0.2) is 0 Å². The first-order valence-corrected chi connectivity index (χ1v) is 7.17. The van der Waals surface area contributed by atoms with Gasteiger partial charge < -0.3 is 15.0 Å². The van der Waals surface area contributed by atoms with E-state index in [1.54, 1.807) is 0 Å². The molecule has 1 aliphatic carbocycles. The van der Waals surface area contributed by atoms with Gasteiger partial charge in [0.15, 0.2) is 0 Å². The molecule has 0 amide bonds. The van der Waals surface area contributed by atoms with Gasteiger partial charge in [-0.15, -0.1) is 0 Å². The Labute approximate surface area is 111 Å². The van der Waals surface area contributed by atoms with Gasteiger partial charge in [-0.1, -0.05) is 6.92 Å². The number of carbonyl (C=O) groups is 1. The Balaban J connectivity index is 2.35. The van der Waals surface area contributed by atoms with Crippen LogP contribution in [0, 0.1) is 0 Å². The lowest BCUT2D eigenvalue weighted by Crippen LogP contribution is -2.49. The van der Waals surface area contributed by atoms with Crippen molar-refractivity contribution < 1.29 is 9.53 Å². The van der Waals surface area contributed by atoms with Crippen molar-refractivity contribution >= 4 is 5.97 Å². The summed E-state index contributed by atoms with van der Waals surface area (Å²) in [6.07, 6.45) is 4.54. The Kier molecular flexibility index (Phi) is 6.09. The quantitative estimate of drug-likeness (QED) is 0.639. The summed E-state index contributed by atoms with van der Waals surface area (Å²) < 4.78 is 5.13. The number of carbonyl (C=O) groups excluding carboxylic acids is 1. The van der Waals surface area contributed by atoms with Crippen LogP contribution in [0.4, 0.5) is 0 Å². The van der Waals surface area contributed by atoms with Crippen LogP contribution in [0.2, 0.25) is 0 Å². The van der Waals surface area contributed by atoms with E-state index < -0.39 is 5.54 Å². The molecule has 0 spiro atoms. The maximum Gasteiger partial charge on any atom is 0.326 e. The monoisotopic (exact) mass is 256 g/mol. The second-order valence-corrected chi connectivity index (χ2v) is 5.27. The largest absolute Gasteiger partial charge is 0.465 e. The molecule has 0 saturated heterocycles. The number of esters is 1. The van der Waals surface area contributed by atoms with Crippen LogP contribution in [-0.2, 0) is 9.53 Å². The summed E-state index contributed by atoms with van der Waals surface area (Å²) in [6.45, 7) is 8.62. The minimum absolute atomic E-state index is 0.137. The summed E-state index contributed by atoms with van der Waals surface area (Å²) in [5, 5.41) is 3.11. The maximum absolute atomic E-state index is 11.9. The molecule has 1 N–H and O–H groups in total. The highest BCUT2D eigenvalue weighted by Crippen LogP contribution is 2.27. The zero-order valence-electron chi connectivity index (χ0n) is 12.3. The van der Waals surface area contributed by atoms with E-state index in [-0.39, 0.29) is 5.97 Å². The van der Waals surface area contributed by atoms with Crippen molar-refractivity contribution in [3.8, 4) is 0 Å². The van der Waals surface area contributed by atoms with Crippen molar-refractivity contribution in [1.82, 2.24) is 10.2 Å². The van der Waals surface area contributed by atoms with Gasteiger partial charge in [0.25, 0.3) is 0 Å². The van der Waals surface area contributed by atoms with Crippen molar-refractivity contribution in [2.24, 2.45) is 0 Å². The fourth-order valence-electron chi connectivity index (χ4n) is 2.29. The third kappa shape index (κ3) is 4.25. The average Bonchev–Trinajstić information content (AvgIpc) is 3.19. The Bertz CT molecular complexity index is 267. The van der Waals surface area contributed by atoms with Crippen LogP contribution in [0.3, 0.4) is 0 Å². The van der Waals surface area contributed by atoms with E-state index in [1.807, 2.05) is 20.9 Å². The highest BCUT2D eigenvalue weighted by molar-refractivity contribution is 5.80. The topological polar surface area (TPSA) is 41.6 Å². The summed E-state index contributed by atoms with van der Waals surface area (Å²) in [4.78, 5) is 14.4.